The van der Waals surface area contributed by atoms with Crippen LogP contribution >= 0.6 is 11.6 Å². The number of hydrogen-bond acceptors (Lipinski definition) is 3. The Morgan fingerprint density at radius 3 is 2.43 bits per heavy atom. The number of fused-ring (bicyclic) bond motifs is 1. The van der Waals surface area contributed by atoms with Crippen LogP contribution in [-0.2, 0) is 0 Å². The third-order valence-corrected chi connectivity index (χ3v) is 6.12. The Bertz CT molecular complexity index is 918. The van der Waals surface area contributed by atoms with Gasteiger partial charge in [0.2, 0.25) is 0 Å². The number of aromatic nitrogens is 1. The zero-order chi connectivity index (χ0) is 21.9. The minimum absolute atomic E-state index is 0.137. The van der Waals surface area contributed by atoms with Crippen LogP contribution in [0.15, 0.2) is 30.3 Å². The van der Waals surface area contributed by atoms with Gasteiger partial charge in [0, 0.05) is 24.0 Å². The molecule has 0 bridgehead atoms. The average molecular weight is 432 g/mol. The van der Waals surface area contributed by atoms with Crippen molar-refractivity contribution in [3.8, 4) is 0 Å². The number of pyridine rings is 1. The summed E-state index contributed by atoms with van der Waals surface area (Å²) in [5, 5.41) is 13.7. The Kier molecular flexibility index (Phi) is 6.86. The lowest BCUT2D eigenvalue weighted by Gasteiger charge is -2.38. The van der Waals surface area contributed by atoms with E-state index in [-0.39, 0.29) is 5.91 Å². The molecule has 7 heteroatoms. The van der Waals surface area contributed by atoms with E-state index in [2.05, 4.69) is 10.3 Å². The van der Waals surface area contributed by atoms with Gasteiger partial charge in [0.1, 0.15) is 5.15 Å². The van der Waals surface area contributed by atoms with Crippen molar-refractivity contribution in [2.45, 2.75) is 52.0 Å². The van der Waals surface area contributed by atoms with Crippen molar-refractivity contribution in [1.29, 1.82) is 0 Å². The molecule has 162 valence electrons. The Balaban J connectivity index is 1.54. The summed E-state index contributed by atoms with van der Waals surface area (Å²) in [6, 6.07) is 9.09. The zero-order valence-corrected chi connectivity index (χ0v) is 18.6. The minimum Gasteiger partial charge on any atom is -0.465 e. The molecule has 1 saturated carbocycles. The number of halogens is 1. The molecule has 6 nitrogen and oxygen atoms in total. The number of benzene rings is 1. The van der Waals surface area contributed by atoms with E-state index in [0.717, 1.165) is 31.1 Å². The second-order valence-corrected chi connectivity index (χ2v) is 9.56. The number of nitrogens with zero attached hydrogens (tertiary/aromatic N) is 2. The van der Waals surface area contributed by atoms with Crippen molar-refractivity contribution in [1.82, 2.24) is 15.2 Å². The number of hydrogen-bond donors (Lipinski definition) is 2. The predicted molar refractivity (Wildman–Crippen MR) is 119 cm³/mol. The van der Waals surface area contributed by atoms with Crippen LogP contribution in [0.1, 0.15) is 56.8 Å². The molecule has 1 aromatic carbocycles. The number of para-hydroxylation sites is 1. The standard InChI is InChI=1S/C23H30ClN3O3/c1-23(2,3)27(22(29)30)14-16-10-8-15(9-11-16)13-25-21(28)18-12-20(24)26-19-7-5-4-6-17(18)19/h4-7,12,15-16H,8-11,13-14H2,1-3H3,(H,25,28)(H,29,30). The summed E-state index contributed by atoms with van der Waals surface area (Å²) in [4.78, 5) is 30.2. The van der Waals surface area contributed by atoms with Gasteiger partial charge in [0.05, 0.1) is 11.1 Å². The molecule has 1 heterocycles. The minimum atomic E-state index is -0.861. The number of rotatable bonds is 5. The third-order valence-electron chi connectivity index (χ3n) is 5.93. The molecule has 0 saturated heterocycles. The van der Waals surface area contributed by atoms with Crippen molar-refractivity contribution in [2.75, 3.05) is 13.1 Å². The van der Waals surface area contributed by atoms with Crippen LogP contribution in [0, 0.1) is 11.8 Å². The number of carbonyl (C=O) groups excluding carboxylic acids is 1. The predicted octanol–water partition coefficient (Wildman–Crippen LogP) is 5.20. The van der Waals surface area contributed by atoms with Gasteiger partial charge < -0.3 is 15.3 Å². The van der Waals surface area contributed by atoms with Gasteiger partial charge in [0.15, 0.2) is 0 Å². The van der Waals surface area contributed by atoms with E-state index in [1.165, 1.54) is 4.90 Å². The van der Waals surface area contributed by atoms with Crippen molar-refractivity contribution in [2.24, 2.45) is 11.8 Å². The Labute approximate surface area is 182 Å². The molecular formula is C23H30ClN3O3. The molecule has 0 spiro atoms. The van der Waals surface area contributed by atoms with E-state index in [0.29, 0.717) is 41.2 Å². The molecule has 30 heavy (non-hydrogen) atoms. The average Bonchev–Trinajstić information content (AvgIpc) is 2.69. The lowest BCUT2D eigenvalue weighted by Crippen LogP contribution is -2.47. The summed E-state index contributed by atoms with van der Waals surface area (Å²) in [6.45, 7) is 6.97. The lowest BCUT2D eigenvalue weighted by molar-refractivity contribution is 0.0786. The maximum absolute atomic E-state index is 12.8. The molecule has 1 fully saturated rings. The maximum Gasteiger partial charge on any atom is 0.407 e. The van der Waals surface area contributed by atoms with Gasteiger partial charge >= 0.3 is 6.09 Å². The number of carbonyl (C=O) groups is 2. The fourth-order valence-corrected chi connectivity index (χ4v) is 4.38. The maximum atomic E-state index is 12.8. The lowest BCUT2D eigenvalue weighted by atomic mass is 9.81. The van der Waals surface area contributed by atoms with Gasteiger partial charge in [-0.2, -0.15) is 0 Å². The van der Waals surface area contributed by atoms with Crippen molar-refractivity contribution < 1.29 is 14.7 Å². The topological polar surface area (TPSA) is 82.5 Å². The molecule has 3 rings (SSSR count). The van der Waals surface area contributed by atoms with Crippen LogP contribution in [-0.4, -0.2) is 45.6 Å². The number of nitrogens with one attached hydrogen (secondary N) is 1. The molecule has 0 unspecified atom stereocenters. The molecule has 2 N–H and O–H groups in total. The van der Waals surface area contributed by atoms with Gasteiger partial charge in [-0.1, -0.05) is 29.8 Å². The van der Waals surface area contributed by atoms with Gasteiger partial charge in [0.25, 0.3) is 5.91 Å². The van der Waals surface area contributed by atoms with Crippen molar-refractivity contribution in [3.63, 3.8) is 0 Å². The molecule has 0 aliphatic heterocycles. The highest BCUT2D eigenvalue weighted by Crippen LogP contribution is 2.31. The highest BCUT2D eigenvalue weighted by Gasteiger charge is 2.31. The monoisotopic (exact) mass is 431 g/mol. The van der Waals surface area contributed by atoms with Crippen LogP contribution < -0.4 is 5.32 Å². The Morgan fingerprint density at radius 2 is 1.80 bits per heavy atom. The van der Waals surface area contributed by atoms with Crippen LogP contribution in [0.25, 0.3) is 10.9 Å². The zero-order valence-electron chi connectivity index (χ0n) is 17.8. The van der Waals surface area contributed by atoms with Crippen molar-refractivity contribution >= 4 is 34.5 Å². The summed E-state index contributed by atoms with van der Waals surface area (Å²) < 4.78 is 0. The van der Waals surface area contributed by atoms with E-state index in [4.69, 9.17) is 11.6 Å². The number of amides is 2. The Hall–Kier alpha value is -2.34. The first-order valence-corrected chi connectivity index (χ1v) is 10.9. The van der Waals surface area contributed by atoms with E-state index < -0.39 is 11.6 Å². The molecule has 0 atom stereocenters. The van der Waals surface area contributed by atoms with Gasteiger partial charge in [-0.25, -0.2) is 9.78 Å². The van der Waals surface area contributed by atoms with Crippen LogP contribution in [0.4, 0.5) is 4.79 Å². The summed E-state index contributed by atoms with van der Waals surface area (Å²) in [7, 11) is 0. The normalized spacial score (nSPS) is 19.5. The second kappa shape index (κ2) is 9.21. The third kappa shape index (κ3) is 5.42. The molecule has 1 aliphatic rings. The van der Waals surface area contributed by atoms with Crippen LogP contribution in [0.2, 0.25) is 5.15 Å². The molecule has 1 aromatic heterocycles. The first-order chi connectivity index (χ1) is 14.1. The second-order valence-electron chi connectivity index (χ2n) is 9.17. The number of carboxylic acid groups (broad SMARTS) is 1. The van der Waals surface area contributed by atoms with E-state index in [1.807, 2.05) is 45.0 Å². The fourth-order valence-electron chi connectivity index (χ4n) is 4.18. The Morgan fingerprint density at radius 1 is 1.17 bits per heavy atom. The highest BCUT2D eigenvalue weighted by atomic mass is 35.5. The summed E-state index contributed by atoms with van der Waals surface area (Å²) in [6.07, 6.45) is 3.07. The smallest absolute Gasteiger partial charge is 0.407 e. The van der Waals surface area contributed by atoms with Gasteiger partial charge in [-0.15, -0.1) is 0 Å². The highest BCUT2D eigenvalue weighted by molar-refractivity contribution is 6.30. The fraction of sp³-hybridized carbons (Fsp3) is 0.522. The van der Waals surface area contributed by atoms with E-state index in [9.17, 15) is 14.7 Å². The summed E-state index contributed by atoms with van der Waals surface area (Å²) in [5.41, 5.74) is 0.852. The first kappa shape index (κ1) is 22.3. The molecule has 1 aliphatic carbocycles. The quantitative estimate of drug-likeness (QED) is 0.637. The van der Waals surface area contributed by atoms with Crippen molar-refractivity contribution in [3.05, 3.63) is 41.0 Å². The van der Waals surface area contributed by atoms with Gasteiger partial charge in [-0.05, 0) is 70.4 Å². The van der Waals surface area contributed by atoms with E-state index >= 15 is 0 Å². The molecular weight excluding hydrogens is 402 g/mol. The van der Waals surface area contributed by atoms with Gasteiger partial charge in [-0.3, -0.25) is 4.79 Å². The molecule has 2 amide bonds. The largest absolute Gasteiger partial charge is 0.465 e. The first-order valence-electron chi connectivity index (χ1n) is 10.5. The SMILES string of the molecule is CC(C)(C)N(CC1CCC(CNC(=O)c2cc(Cl)nc3ccccc23)CC1)C(=O)O. The summed E-state index contributed by atoms with van der Waals surface area (Å²) in [5.74, 6) is 0.638. The molecule has 0 radical (unpaired) electrons. The van der Waals surface area contributed by atoms with Crippen LogP contribution in [0.3, 0.4) is 0 Å². The van der Waals surface area contributed by atoms with E-state index in [1.54, 1.807) is 6.07 Å². The van der Waals surface area contributed by atoms with Crippen LogP contribution in [0.5, 0.6) is 0 Å². The summed E-state index contributed by atoms with van der Waals surface area (Å²) >= 11 is 6.09. The molecule has 2 aromatic rings.